The van der Waals surface area contributed by atoms with E-state index < -0.39 is 12.5 Å². The summed E-state index contributed by atoms with van der Waals surface area (Å²) in [5.74, 6) is 0.148. The summed E-state index contributed by atoms with van der Waals surface area (Å²) in [6.45, 7) is 4.25. The van der Waals surface area contributed by atoms with Gasteiger partial charge in [-0.05, 0) is 54.9 Å². The van der Waals surface area contributed by atoms with E-state index in [1.165, 1.54) is 5.56 Å². The lowest BCUT2D eigenvalue weighted by Gasteiger charge is -2.33. The molecule has 0 spiro atoms. The van der Waals surface area contributed by atoms with Crippen LogP contribution < -0.4 is 5.32 Å². The van der Waals surface area contributed by atoms with E-state index in [1.54, 1.807) is 6.07 Å². The minimum Gasteiger partial charge on any atom is -0.352 e. The maximum Gasteiger partial charge on any atom is 0.446 e. The Kier molecular flexibility index (Phi) is 8.29. The number of aldehydes is 1. The van der Waals surface area contributed by atoms with Crippen molar-refractivity contribution in [1.82, 2.24) is 10.2 Å². The second-order valence-corrected chi connectivity index (χ2v) is 7.69. The fourth-order valence-corrected chi connectivity index (χ4v) is 3.83. The molecule has 0 aliphatic carbocycles. The highest BCUT2D eigenvalue weighted by Crippen LogP contribution is 2.38. The third-order valence-electron chi connectivity index (χ3n) is 4.54. The first kappa shape index (κ1) is 24.2. The lowest BCUT2D eigenvalue weighted by atomic mass is 9.84. The van der Waals surface area contributed by atoms with Crippen molar-refractivity contribution in [3.63, 3.8) is 0 Å². The predicted molar refractivity (Wildman–Crippen MR) is 111 cm³/mol. The molecule has 1 aliphatic rings. The van der Waals surface area contributed by atoms with Crippen molar-refractivity contribution < 1.29 is 22.8 Å². The van der Waals surface area contributed by atoms with E-state index in [4.69, 9.17) is 28.0 Å². The normalized spacial score (nSPS) is 16.2. The lowest BCUT2D eigenvalue weighted by Crippen LogP contribution is -2.31. The number of halogens is 5. The van der Waals surface area contributed by atoms with Gasteiger partial charge in [0.15, 0.2) is 0 Å². The molecule has 1 aliphatic heterocycles. The highest BCUT2D eigenvalue weighted by Gasteiger charge is 2.27. The Bertz CT molecular complexity index is 902. The van der Waals surface area contributed by atoms with Gasteiger partial charge in [-0.1, -0.05) is 35.3 Å². The van der Waals surface area contributed by atoms with Crippen LogP contribution in [-0.4, -0.2) is 43.4 Å². The van der Waals surface area contributed by atoms with Crippen molar-refractivity contribution in [3.8, 4) is 0 Å². The minimum atomic E-state index is -4.64. The van der Waals surface area contributed by atoms with Crippen molar-refractivity contribution in [2.75, 3.05) is 20.1 Å². The summed E-state index contributed by atoms with van der Waals surface area (Å²) in [6, 6.07) is 11.6. The third-order valence-corrected chi connectivity index (χ3v) is 5.09. The molecule has 30 heavy (non-hydrogen) atoms. The highest BCUT2D eigenvalue weighted by atomic mass is 35.5. The van der Waals surface area contributed by atoms with Crippen LogP contribution in [-0.2, 0) is 11.3 Å². The minimum absolute atomic E-state index is 0.0451. The molecule has 0 fully saturated rings. The van der Waals surface area contributed by atoms with Crippen LogP contribution in [0.2, 0.25) is 10.0 Å². The molecule has 2 aromatic rings. The molecule has 1 heterocycles. The number of alkyl halides is 3. The molecule has 3 rings (SSSR count). The highest BCUT2D eigenvalue weighted by molar-refractivity contribution is 6.35. The largest absolute Gasteiger partial charge is 0.446 e. The number of benzene rings is 2. The lowest BCUT2D eigenvalue weighted by molar-refractivity contribution is -0.156. The molecule has 4 nitrogen and oxygen atoms in total. The van der Waals surface area contributed by atoms with Gasteiger partial charge >= 0.3 is 6.18 Å². The van der Waals surface area contributed by atoms with Gasteiger partial charge in [0.1, 0.15) is 0 Å². The summed E-state index contributed by atoms with van der Waals surface area (Å²) in [6.07, 6.45) is -5.70. The number of likely N-dealkylation sites (N-methyl/N-ethyl adjacent to an activating group) is 1. The summed E-state index contributed by atoms with van der Waals surface area (Å²) < 4.78 is 31.2. The Labute approximate surface area is 183 Å². The van der Waals surface area contributed by atoms with Gasteiger partial charge in [-0.25, -0.2) is 0 Å². The van der Waals surface area contributed by atoms with Crippen molar-refractivity contribution >= 4 is 35.4 Å². The van der Waals surface area contributed by atoms with E-state index in [0.29, 0.717) is 22.2 Å². The maximum absolute atomic E-state index is 11.9. The fourth-order valence-electron chi connectivity index (χ4n) is 3.26. The molecule has 1 N–H and O–H groups in total. The van der Waals surface area contributed by atoms with Crippen LogP contribution in [0.15, 0.2) is 36.4 Å². The van der Waals surface area contributed by atoms with Crippen LogP contribution in [0.25, 0.3) is 0 Å². The van der Waals surface area contributed by atoms with E-state index in [0.717, 1.165) is 24.2 Å². The number of fused-ring (bicyclic) bond motifs is 1. The van der Waals surface area contributed by atoms with Crippen LogP contribution >= 0.6 is 23.2 Å². The average Bonchev–Trinajstić information content (AvgIpc) is 2.68. The zero-order valence-corrected chi connectivity index (χ0v) is 17.9. The van der Waals surface area contributed by atoms with Crippen molar-refractivity contribution in [2.24, 2.45) is 0 Å². The molecule has 1 atom stereocenters. The van der Waals surface area contributed by atoms with Crippen LogP contribution in [0.5, 0.6) is 0 Å². The molecule has 0 saturated carbocycles. The molecule has 162 valence electrons. The molecule has 0 bridgehead atoms. The van der Waals surface area contributed by atoms with Gasteiger partial charge in [0.25, 0.3) is 5.91 Å². The first-order chi connectivity index (χ1) is 14.1. The summed E-state index contributed by atoms with van der Waals surface area (Å²) >= 11 is 12.6. The number of nitrogens with one attached hydrogen (secondary N) is 1. The Hall–Kier alpha value is -2.09. The van der Waals surface area contributed by atoms with Crippen molar-refractivity contribution in [2.45, 2.75) is 25.6 Å². The zero-order valence-electron chi connectivity index (χ0n) is 16.4. The average molecular weight is 461 g/mol. The summed E-state index contributed by atoms with van der Waals surface area (Å²) in [5, 5.41) is 4.19. The summed E-state index contributed by atoms with van der Waals surface area (Å²) in [5.41, 5.74) is 4.15. The van der Waals surface area contributed by atoms with Gasteiger partial charge in [-0.15, -0.1) is 0 Å². The molecule has 1 amide bonds. The van der Waals surface area contributed by atoms with Gasteiger partial charge in [0.2, 0.25) is 6.29 Å². The first-order valence-electron chi connectivity index (χ1n) is 9.13. The predicted octanol–water partition coefficient (Wildman–Crippen LogP) is 5.07. The number of hydrogen-bond donors (Lipinski definition) is 1. The second kappa shape index (κ2) is 10.3. The number of nitrogens with zero attached hydrogens (tertiary/aromatic N) is 1. The summed E-state index contributed by atoms with van der Waals surface area (Å²) in [4.78, 5) is 22.9. The molecule has 1 unspecified atom stereocenters. The smallest absolute Gasteiger partial charge is 0.352 e. The van der Waals surface area contributed by atoms with E-state index in [1.807, 2.05) is 37.3 Å². The van der Waals surface area contributed by atoms with E-state index in [-0.39, 0.29) is 11.8 Å². The Morgan fingerprint density at radius 1 is 1.23 bits per heavy atom. The maximum atomic E-state index is 11.9. The third kappa shape index (κ3) is 6.45. The van der Waals surface area contributed by atoms with Crippen molar-refractivity contribution in [1.29, 1.82) is 0 Å². The number of carbonyl (C=O) groups is 2. The molecule has 0 saturated heterocycles. The van der Waals surface area contributed by atoms with Gasteiger partial charge in [0, 0.05) is 41.2 Å². The van der Waals surface area contributed by atoms with Gasteiger partial charge in [-0.3, -0.25) is 9.59 Å². The molecular weight excluding hydrogens is 440 g/mol. The van der Waals surface area contributed by atoms with Gasteiger partial charge in [0.05, 0.1) is 0 Å². The Balaban J connectivity index is 0.000000469. The zero-order chi connectivity index (χ0) is 22.5. The summed E-state index contributed by atoms with van der Waals surface area (Å²) in [7, 11) is 2.09. The van der Waals surface area contributed by atoms with E-state index in [2.05, 4.69) is 17.3 Å². The SMILES string of the molecule is CCNC(=O)c1ccc(C2CN(C)Cc3c(Cl)cc(Cl)cc32)cc1.O=CC(F)(F)F. The Morgan fingerprint density at radius 2 is 1.83 bits per heavy atom. The van der Waals surface area contributed by atoms with Crippen LogP contribution in [0, 0.1) is 0 Å². The number of amides is 1. The van der Waals surface area contributed by atoms with Crippen LogP contribution in [0.3, 0.4) is 0 Å². The van der Waals surface area contributed by atoms with Crippen molar-refractivity contribution in [3.05, 3.63) is 68.7 Å². The quantitative estimate of drug-likeness (QED) is 0.650. The standard InChI is InChI=1S/C19H20Cl2N2O.C2HF3O/c1-3-22-19(24)13-6-4-12(5-7-13)16-10-23(2)11-17-15(16)8-14(20)9-18(17)21;3-2(4,5)1-6/h4-9,16H,3,10-11H2,1-2H3,(H,22,24);1H. The number of carbonyl (C=O) groups excluding carboxylic acids is 2. The topological polar surface area (TPSA) is 49.4 Å². The fraction of sp³-hybridized carbons (Fsp3) is 0.333. The Morgan fingerprint density at radius 3 is 2.37 bits per heavy atom. The number of rotatable bonds is 3. The molecule has 9 heteroatoms. The van der Waals surface area contributed by atoms with Gasteiger partial charge < -0.3 is 10.2 Å². The second-order valence-electron chi connectivity index (χ2n) is 6.85. The number of hydrogen-bond acceptors (Lipinski definition) is 3. The first-order valence-corrected chi connectivity index (χ1v) is 9.88. The monoisotopic (exact) mass is 460 g/mol. The molecule has 0 radical (unpaired) electrons. The van der Waals surface area contributed by atoms with Crippen LogP contribution in [0.4, 0.5) is 13.2 Å². The van der Waals surface area contributed by atoms with Gasteiger partial charge in [-0.2, -0.15) is 13.2 Å². The van der Waals surface area contributed by atoms with E-state index in [9.17, 15) is 18.0 Å². The van der Waals surface area contributed by atoms with E-state index >= 15 is 0 Å². The molecular formula is C21H21Cl2F3N2O2. The van der Waals surface area contributed by atoms with Crippen LogP contribution in [0.1, 0.15) is 39.9 Å². The molecule has 0 aromatic heterocycles. The molecule has 2 aromatic carbocycles.